The van der Waals surface area contributed by atoms with Crippen LogP contribution in [0.4, 0.5) is 0 Å². The Labute approximate surface area is 210 Å². The number of hydrogen-bond donors (Lipinski definition) is 8. The van der Waals surface area contributed by atoms with E-state index in [1.54, 1.807) is 0 Å². The van der Waals surface area contributed by atoms with Crippen molar-refractivity contribution in [1.82, 2.24) is 16.0 Å². The maximum Gasteiger partial charge on any atom is 0.326 e. The summed E-state index contributed by atoms with van der Waals surface area (Å²) < 4.78 is 0. The van der Waals surface area contributed by atoms with Crippen LogP contribution in [0.25, 0.3) is 0 Å². The second kappa shape index (κ2) is 16.9. The lowest BCUT2D eigenvalue weighted by Gasteiger charge is -2.26. The van der Waals surface area contributed by atoms with Crippen LogP contribution in [-0.2, 0) is 19.2 Å². The lowest BCUT2D eigenvalue weighted by molar-refractivity contribution is -0.142. The average molecular weight is 520 g/mol. The topological polar surface area (TPSA) is 235 Å². The van der Waals surface area contributed by atoms with E-state index < -0.39 is 54.0 Å². The summed E-state index contributed by atoms with van der Waals surface area (Å²) in [6, 6.07) is -4.47. The third-order valence-corrected chi connectivity index (χ3v) is 5.61. The van der Waals surface area contributed by atoms with Crippen molar-refractivity contribution in [3.8, 4) is 0 Å². The molecule has 0 fully saturated rings. The molecule has 0 aliphatic carbocycles. The highest BCUT2D eigenvalue weighted by Gasteiger charge is 2.31. The predicted octanol–water partition coefficient (Wildman–Crippen LogP) is -1.91. The third-order valence-electron chi connectivity index (χ3n) is 4.97. The van der Waals surface area contributed by atoms with E-state index >= 15 is 0 Å². The molecule has 3 amide bonds. The van der Waals surface area contributed by atoms with Gasteiger partial charge in [0.15, 0.2) is 5.96 Å². The number of nitrogens with zero attached hydrogens (tertiary/aromatic N) is 1. The highest BCUT2D eigenvalue weighted by molar-refractivity contribution is 7.98. The first kappa shape index (κ1) is 32.4. The highest BCUT2D eigenvalue weighted by atomic mass is 32.2. The van der Waals surface area contributed by atoms with Gasteiger partial charge in [-0.05, 0) is 50.5 Å². The Morgan fingerprint density at radius 1 is 0.914 bits per heavy atom. The number of carboxylic acids is 1. The number of guanidine groups is 1. The zero-order chi connectivity index (χ0) is 27.1. The SMILES string of the molecule is CSCCC(NC(=O)C(CC(C)C)NC(=O)C(CCCN=C(N)N)NC(=O)C(N)C(C)O)C(=O)O. The second-order valence-corrected chi connectivity index (χ2v) is 9.63. The van der Waals surface area contributed by atoms with Gasteiger partial charge in [0.1, 0.15) is 24.2 Å². The summed E-state index contributed by atoms with van der Waals surface area (Å²) in [5, 5.41) is 26.6. The molecule has 0 radical (unpaired) electrons. The van der Waals surface area contributed by atoms with E-state index in [4.69, 9.17) is 17.2 Å². The second-order valence-electron chi connectivity index (χ2n) is 8.65. The number of hydrogen-bond acceptors (Lipinski definition) is 8. The van der Waals surface area contributed by atoms with Crippen molar-refractivity contribution in [3.05, 3.63) is 0 Å². The molecule has 0 aromatic heterocycles. The number of carbonyl (C=O) groups is 4. The molecule has 35 heavy (non-hydrogen) atoms. The first-order valence-electron chi connectivity index (χ1n) is 11.4. The van der Waals surface area contributed by atoms with Crippen molar-refractivity contribution in [2.24, 2.45) is 28.1 Å². The Morgan fingerprint density at radius 2 is 1.46 bits per heavy atom. The molecular weight excluding hydrogens is 478 g/mol. The average Bonchev–Trinajstić information content (AvgIpc) is 2.76. The molecule has 0 aliphatic heterocycles. The smallest absolute Gasteiger partial charge is 0.326 e. The van der Waals surface area contributed by atoms with Gasteiger partial charge in [0.05, 0.1) is 6.10 Å². The van der Waals surface area contributed by atoms with Crippen LogP contribution >= 0.6 is 11.8 Å². The standard InChI is InChI=1S/C21H41N7O6S/c1-11(2)10-15(18(31)27-14(20(33)34)7-9-35-4)28-17(30)13(6-5-8-25-21(23)24)26-19(32)16(22)12(3)29/h11-16,29H,5-10,22H2,1-4H3,(H,26,32)(H,27,31)(H,28,30)(H,33,34)(H4,23,24,25). The lowest BCUT2D eigenvalue weighted by atomic mass is 10.0. The van der Waals surface area contributed by atoms with Gasteiger partial charge in [-0.1, -0.05) is 13.8 Å². The number of aliphatic hydroxyl groups excluding tert-OH is 1. The van der Waals surface area contributed by atoms with Gasteiger partial charge in [0, 0.05) is 6.54 Å². The van der Waals surface area contributed by atoms with Crippen LogP contribution < -0.4 is 33.2 Å². The molecule has 0 aliphatic rings. The third kappa shape index (κ3) is 13.8. The normalized spacial score (nSPS) is 15.3. The maximum atomic E-state index is 13.1. The van der Waals surface area contributed by atoms with Crippen LogP contribution in [0.15, 0.2) is 4.99 Å². The molecule has 13 nitrogen and oxygen atoms in total. The molecule has 0 spiro atoms. The summed E-state index contributed by atoms with van der Waals surface area (Å²) in [5.41, 5.74) is 16.3. The maximum absolute atomic E-state index is 13.1. The zero-order valence-electron chi connectivity index (χ0n) is 20.8. The van der Waals surface area contributed by atoms with E-state index in [0.29, 0.717) is 12.2 Å². The largest absolute Gasteiger partial charge is 0.480 e. The molecule has 0 heterocycles. The summed E-state index contributed by atoms with van der Waals surface area (Å²) in [6.45, 7) is 5.25. The van der Waals surface area contributed by atoms with Crippen LogP contribution in [0.1, 0.15) is 46.5 Å². The van der Waals surface area contributed by atoms with E-state index in [1.165, 1.54) is 18.7 Å². The number of aliphatic imine (C=N–C) groups is 1. The van der Waals surface area contributed by atoms with Gasteiger partial charge in [-0.15, -0.1) is 0 Å². The summed E-state index contributed by atoms with van der Waals surface area (Å²) in [7, 11) is 0. The minimum Gasteiger partial charge on any atom is -0.480 e. The summed E-state index contributed by atoms with van der Waals surface area (Å²) in [6.07, 6.45) is 1.61. The molecule has 0 aromatic rings. The molecule has 5 atom stereocenters. The van der Waals surface area contributed by atoms with Crippen LogP contribution in [0, 0.1) is 5.92 Å². The van der Waals surface area contributed by atoms with Gasteiger partial charge in [-0.2, -0.15) is 11.8 Å². The van der Waals surface area contributed by atoms with Crippen molar-refractivity contribution in [3.63, 3.8) is 0 Å². The van der Waals surface area contributed by atoms with E-state index in [1.807, 2.05) is 20.1 Å². The number of rotatable bonds is 17. The van der Waals surface area contributed by atoms with Crippen molar-refractivity contribution in [2.75, 3.05) is 18.6 Å². The van der Waals surface area contributed by atoms with E-state index in [-0.39, 0.29) is 37.7 Å². The fraction of sp³-hybridized carbons (Fsp3) is 0.762. The lowest BCUT2D eigenvalue weighted by Crippen LogP contribution is -2.58. The van der Waals surface area contributed by atoms with Gasteiger partial charge in [-0.25, -0.2) is 4.79 Å². The molecule has 5 unspecified atom stereocenters. The minimum atomic E-state index is -1.26. The van der Waals surface area contributed by atoms with E-state index in [0.717, 1.165) is 0 Å². The number of aliphatic hydroxyl groups is 1. The molecule has 0 bridgehead atoms. The Balaban J connectivity index is 5.57. The van der Waals surface area contributed by atoms with Crippen molar-refractivity contribution < 1.29 is 29.4 Å². The zero-order valence-corrected chi connectivity index (χ0v) is 21.6. The first-order chi connectivity index (χ1) is 16.3. The Bertz CT molecular complexity index is 731. The number of thioether (sulfide) groups is 1. The number of carboxylic acid groups (broad SMARTS) is 1. The van der Waals surface area contributed by atoms with Crippen LogP contribution in [0.5, 0.6) is 0 Å². The van der Waals surface area contributed by atoms with Crippen molar-refractivity contribution in [1.29, 1.82) is 0 Å². The van der Waals surface area contributed by atoms with Crippen LogP contribution in [0.3, 0.4) is 0 Å². The number of nitrogens with one attached hydrogen (secondary N) is 3. The molecule has 0 saturated heterocycles. The fourth-order valence-electron chi connectivity index (χ4n) is 3.00. The van der Waals surface area contributed by atoms with Gasteiger partial charge >= 0.3 is 5.97 Å². The van der Waals surface area contributed by atoms with Gasteiger partial charge in [0.2, 0.25) is 17.7 Å². The molecule has 0 rings (SSSR count). The number of carbonyl (C=O) groups excluding carboxylic acids is 3. The number of nitrogens with two attached hydrogens (primary N) is 3. The van der Waals surface area contributed by atoms with Crippen LogP contribution in [-0.4, -0.2) is 88.7 Å². The van der Waals surface area contributed by atoms with Crippen molar-refractivity contribution in [2.45, 2.75) is 76.7 Å². The highest BCUT2D eigenvalue weighted by Crippen LogP contribution is 2.09. The minimum absolute atomic E-state index is 0.000839. The van der Waals surface area contributed by atoms with E-state index in [2.05, 4.69) is 20.9 Å². The molecule has 202 valence electrons. The van der Waals surface area contributed by atoms with Crippen LogP contribution in [0.2, 0.25) is 0 Å². The van der Waals surface area contributed by atoms with Gasteiger partial charge in [0.25, 0.3) is 0 Å². The summed E-state index contributed by atoms with van der Waals surface area (Å²) in [5.74, 6) is -2.78. The van der Waals surface area contributed by atoms with Gasteiger partial charge < -0.3 is 43.4 Å². The fourth-order valence-corrected chi connectivity index (χ4v) is 3.47. The number of amides is 3. The Kier molecular flexibility index (Phi) is 15.7. The molecule has 0 aromatic carbocycles. The quantitative estimate of drug-likeness (QED) is 0.0602. The molecule has 14 heteroatoms. The summed E-state index contributed by atoms with van der Waals surface area (Å²) >= 11 is 1.45. The van der Waals surface area contributed by atoms with Crippen molar-refractivity contribution >= 4 is 41.4 Å². The summed E-state index contributed by atoms with van der Waals surface area (Å²) in [4.78, 5) is 53.7. The predicted molar refractivity (Wildman–Crippen MR) is 135 cm³/mol. The Hall–Kier alpha value is -2.58. The van der Waals surface area contributed by atoms with E-state index in [9.17, 15) is 29.4 Å². The monoisotopic (exact) mass is 519 g/mol. The molecule has 11 N–H and O–H groups in total. The first-order valence-corrected chi connectivity index (χ1v) is 12.8. The van der Waals surface area contributed by atoms with Gasteiger partial charge in [-0.3, -0.25) is 19.4 Å². The molecule has 0 saturated carbocycles. The Morgan fingerprint density at radius 3 is 1.94 bits per heavy atom. The molecular formula is C21H41N7O6S. The number of aliphatic carboxylic acids is 1.